The van der Waals surface area contributed by atoms with E-state index >= 15 is 0 Å². The number of fused-ring (bicyclic) bond motifs is 1. The molecule has 1 N–H and O–H groups in total. The van der Waals surface area contributed by atoms with Gasteiger partial charge < -0.3 is 24.1 Å². The van der Waals surface area contributed by atoms with Crippen LogP contribution in [0.5, 0.6) is 0 Å². The van der Waals surface area contributed by atoms with Crippen LogP contribution in [0.3, 0.4) is 0 Å². The molecule has 2 aliphatic rings. The zero-order valence-corrected chi connectivity index (χ0v) is 9.30. The quantitative estimate of drug-likeness (QED) is 0.736. The van der Waals surface area contributed by atoms with E-state index < -0.39 is 12.1 Å². The largest absolute Gasteiger partial charge is 0.396 e. The molecular weight excluding hydrogens is 200 g/mol. The summed E-state index contributed by atoms with van der Waals surface area (Å²) in [6.45, 7) is 3.82. The van der Waals surface area contributed by atoms with Gasteiger partial charge in [-0.3, -0.25) is 0 Å². The van der Waals surface area contributed by atoms with Crippen LogP contribution in [0, 0.1) is 0 Å². The van der Waals surface area contributed by atoms with E-state index in [0.29, 0.717) is 6.42 Å². The molecule has 0 aromatic rings. The first kappa shape index (κ1) is 11.3. The molecule has 2 heterocycles. The highest BCUT2D eigenvalue weighted by Gasteiger charge is 2.55. The summed E-state index contributed by atoms with van der Waals surface area (Å²) in [5.74, 6) is -0.594. The molecule has 0 bridgehead atoms. The van der Waals surface area contributed by atoms with Gasteiger partial charge in [-0.05, 0) is 20.3 Å². The monoisotopic (exact) mass is 218 g/mol. The highest BCUT2D eigenvalue weighted by atomic mass is 16.8. The number of aliphatic hydroxyl groups is 1. The van der Waals surface area contributed by atoms with Crippen LogP contribution in [-0.4, -0.2) is 49.2 Å². The van der Waals surface area contributed by atoms with Gasteiger partial charge in [0.05, 0.1) is 6.10 Å². The Balaban J connectivity index is 2.08. The molecule has 88 valence electrons. The number of hydrogen-bond donors (Lipinski definition) is 1. The lowest BCUT2D eigenvalue weighted by Gasteiger charge is -2.23. The zero-order chi connectivity index (χ0) is 11.1. The molecule has 0 unspecified atom stereocenters. The van der Waals surface area contributed by atoms with Gasteiger partial charge in [0.2, 0.25) is 0 Å². The third kappa shape index (κ3) is 2.03. The second-order valence-corrected chi connectivity index (χ2v) is 4.36. The molecule has 0 saturated carbocycles. The van der Waals surface area contributed by atoms with Gasteiger partial charge in [0.15, 0.2) is 12.1 Å². The Morgan fingerprint density at radius 1 is 1.27 bits per heavy atom. The molecule has 2 saturated heterocycles. The molecule has 0 aromatic heterocycles. The SMILES string of the molecule is CO[C@@H]1O[C@@H](CCO)[C@@H]2OC(C)(C)O[C@H]12. The average molecular weight is 218 g/mol. The van der Waals surface area contributed by atoms with Gasteiger partial charge in [-0.25, -0.2) is 0 Å². The van der Waals surface area contributed by atoms with Gasteiger partial charge in [-0.1, -0.05) is 0 Å². The molecule has 2 fully saturated rings. The van der Waals surface area contributed by atoms with Crippen molar-refractivity contribution in [1.29, 1.82) is 0 Å². The fraction of sp³-hybridized carbons (Fsp3) is 1.00. The van der Waals surface area contributed by atoms with Crippen molar-refractivity contribution in [3.05, 3.63) is 0 Å². The molecular formula is C10H18O5. The van der Waals surface area contributed by atoms with E-state index in [0.717, 1.165) is 0 Å². The van der Waals surface area contributed by atoms with E-state index in [1.165, 1.54) is 0 Å². The van der Waals surface area contributed by atoms with Crippen LogP contribution in [0.1, 0.15) is 20.3 Å². The number of rotatable bonds is 3. The van der Waals surface area contributed by atoms with Gasteiger partial charge in [-0.15, -0.1) is 0 Å². The highest BCUT2D eigenvalue weighted by Crippen LogP contribution is 2.39. The van der Waals surface area contributed by atoms with Crippen molar-refractivity contribution in [2.75, 3.05) is 13.7 Å². The summed E-state index contributed by atoms with van der Waals surface area (Å²) in [6.07, 6.45) is -0.334. The molecule has 5 nitrogen and oxygen atoms in total. The number of hydrogen-bond acceptors (Lipinski definition) is 5. The van der Waals surface area contributed by atoms with Crippen molar-refractivity contribution in [3.63, 3.8) is 0 Å². The van der Waals surface area contributed by atoms with Crippen molar-refractivity contribution >= 4 is 0 Å². The summed E-state index contributed by atoms with van der Waals surface area (Å²) in [7, 11) is 1.58. The summed E-state index contributed by atoms with van der Waals surface area (Å²) in [4.78, 5) is 0. The van der Waals surface area contributed by atoms with Crippen LogP contribution in [-0.2, 0) is 18.9 Å². The van der Waals surface area contributed by atoms with Crippen molar-refractivity contribution in [2.24, 2.45) is 0 Å². The maximum absolute atomic E-state index is 8.92. The molecule has 0 amide bonds. The van der Waals surface area contributed by atoms with Crippen molar-refractivity contribution in [1.82, 2.24) is 0 Å². The Bertz CT molecular complexity index is 230. The van der Waals surface area contributed by atoms with Crippen molar-refractivity contribution in [2.45, 2.75) is 50.7 Å². The van der Waals surface area contributed by atoms with Crippen LogP contribution < -0.4 is 0 Å². The maximum Gasteiger partial charge on any atom is 0.186 e. The highest BCUT2D eigenvalue weighted by molar-refractivity contribution is 4.94. The minimum Gasteiger partial charge on any atom is -0.396 e. The lowest BCUT2D eigenvalue weighted by Crippen LogP contribution is -2.30. The first-order chi connectivity index (χ1) is 7.07. The van der Waals surface area contributed by atoms with Crippen LogP contribution in [0.15, 0.2) is 0 Å². The van der Waals surface area contributed by atoms with Gasteiger partial charge in [0, 0.05) is 13.7 Å². The van der Waals surface area contributed by atoms with Crippen molar-refractivity contribution < 1.29 is 24.1 Å². The molecule has 0 aliphatic carbocycles. The Hall–Kier alpha value is -0.200. The Kier molecular flexibility index (Phi) is 3.00. The molecule has 2 aliphatic heterocycles. The molecule has 2 rings (SSSR count). The molecule has 15 heavy (non-hydrogen) atoms. The van der Waals surface area contributed by atoms with E-state index in [2.05, 4.69) is 0 Å². The average Bonchev–Trinajstić information content (AvgIpc) is 2.61. The van der Waals surface area contributed by atoms with Crippen LogP contribution in [0.2, 0.25) is 0 Å². The summed E-state index contributed by atoms with van der Waals surface area (Å²) in [6, 6.07) is 0. The molecule has 0 spiro atoms. The zero-order valence-electron chi connectivity index (χ0n) is 9.30. The Morgan fingerprint density at radius 3 is 2.53 bits per heavy atom. The lowest BCUT2D eigenvalue weighted by atomic mass is 10.1. The Labute approximate surface area is 89.3 Å². The standard InChI is InChI=1S/C10H18O5/c1-10(2)14-7-6(4-5-11)13-9(12-3)8(7)15-10/h6-9,11H,4-5H2,1-3H3/t6-,7-,8-,9+/m0/s1. The van der Waals surface area contributed by atoms with Crippen LogP contribution >= 0.6 is 0 Å². The Morgan fingerprint density at radius 2 is 1.93 bits per heavy atom. The minimum atomic E-state index is -0.594. The van der Waals surface area contributed by atoms with E-state index in [-0.39, 0.29) is 24.9 Å². The fourth-order valence-electron chi connectivity index (χ4n) is 2.19. The lowest BCUT2D eigenvalue weighted by molar-refractivity contribution is -0.228. The summed E-state index contributed by atoms with van der Waals surface area (Å²) >= 11 is 0. The van der Waals surface area contributed by atoms with Gasteiger partial charge >= 0.3 is 0 Å². The van der Waals surface area contributed by atoms with Gasteiger partial charge in [0.25, 0.3) is 0 Å². The maximum atomic E-state index is 8.92. The molecule has 0 aromatic carbocycles. The second-order valence-electron chi connectivity index (χ2n) is 4.36. The number of ether oxygens (including phenoxy) is 4. The van der Waals surface area contributed by atoms with Gasteiger partial charge in [0.1, 0.15) is 12.2 Å². The van der Waals surface area contributed by atoms with E-state index in [4.69, 9.17) is 24.1 Å². The molecule has 4 atom stereocenters. The summed E-state index contributed by atoms with van der Waals surface area (Å²) in [5, 5.41) is 8.92. The fourth-order valence-corrected chi connectivity index (χ4v) is 2.19. The second kappa shape index (κ2) is 3.99. The van der Waals surface area contributed by atoms with Crippen molar-refractivity contribution in [3.8, 4) is 0 Å². The normalized spacial score (nSPS) is 43.2. The predicted octanol–water partition coefficient (Wildman–Crippen LogP) is 0.260. The number of methoxy groups -OCH3 is 1. The molecule has 0 radical (unpaired) electrons. The smallest absolute Gasteiger partial charge is 0.186 e. The minimum absolute atomic E-state index is 0.0775. The summed E-state index contributed by atoms with van der Waals surface area (Å²) in [5.41, 5.74) is 0. The third-order valence-electron chi connectivity index (χ3n) is 2.75. The van der Waals surface area contributed by atoms with Crippen LogP contribution in [0.4, 0.5) is 0 Å². The van der Waals surface area contributed by atoms with E-state index in [1.807, 2.05) is 13.8 Å². The van der Waals surface area contributed by atoms with E-state index in [1.54, 1.807) is 7.11 Å². The first-order valence-corrected chi connectivity index (χ1v) is 5.22. The van der Waals surface area contributed by atoms with Crippen LogP contribution in [0.25, 0.3) is 0 Å². The molecule has 5 heteroatoms. The van der Waals surface area contributed by atoms with Gasteiger partial charge in [-0.2, -0.15) is 0 Å². The predicted molar refractivity (Wildman–Crippen MR) is 51.2 cm³/mol. The topological polar surface area (TPSA) is 57.2 Å². The van der Waals surface area contributed by atoms with E-state index in [9.17, 15) is 0 Å². The third-order valence-corrected chi connectivity index (χ3v) is 2.75. The number of aliphatic hydroxyl groups excluding tert-OH is 1. The first-order valence-electron chi connectivity index (χ1n) is 5.22. The summed E-state index contributed by atoms with van der Waals surface area (Å²) < 4.78 is 22.2.